The van der Waals surface area contributed by atoms with Gasteiger partial charge in [-0.3, -0.25) is 4.79 Å². The van der Waals surface area contributed by atoms with Gasteiger partial charge in [0.15, 0.2) is 0 Å². The highest BCUT2D eigenvalue weighted by Gasteiger charge is 2.43. The van der Waals surface area contributed by atoms with Crippen LogP contribution >= 0.6 is 0 Å². The molecule has 0 bridgehead atoms. The van der Waals surface area contributed by atoms with Crippen molar-refractivity contribution < 1.29 is 18.7 Å². The topological polar surface area (TPSA) is 37.3 Å². The van der Waals surface area contributed by atoms with E-state index in [1.165, 1.54) is 0 Å². The number of hydrogen-bond donors (Lipinski definition) is 1. The first-order chi connectivity index (χ1) is 5.91. The third-order valence-corrected chi connectivity index (χ3v) is 2.76. The number of carboxylic acid groups (broad SMARTS) is 1. The molecule has 76 valence electrons. The van der Waals surface area contributed by atoms with Crippen LogP contribution in [0.2, 0.25) is 0 Å². The normalized spacial score (nSPS) is 20.8. The van der Waals surface area contributed by atoms with Crippen LogP contribution in [0.3, 0.4) is 0 Å². The van der Waals surface area contributed by atoms with E-state index in [-0.39, 0.29) is 5.92 Å². The standard InChI is InChI=1S/C9H14F2O2/c1-9(10,11)7(5-8(12)13)6-3-2-4-6/h6-7H,2-5H2,1H3,(H,12,13). The number of alkyl halides is 2. The summed E-state index contributed by atoms with van der Waals surface area (Å²) in [6.07, 6.45) is 2.05. The molecule has 1 aliphatic carbocycles. The molecular weight excluding hydrogens is 178 g/mol. The first-order valence-electron chi connectivity index (χ1n) is 4.51. The lowest BCUT2D eigenvalue weighted by Gasteiger charge is -2.36. The fraction of sp³-hybridized carbons (Fsp3) is 0.889. The van der Waals surface area contributed by atoms with Gasteiger partial charge in [-0.15, -0.1) is 0 Å². The van der Waals surface area contributed by atoms with Gasteiger partial charge < -0.3 is 5.11 Å². The van der Waals surface area contributed by atoms with Gasteiger partial charge in [-0.1, -0.05) is 6.42 Å². The average Bonchev–Trinajstić information content (AvgIpc) is 1.78. The van der Waals surface area contributed by atoms with Crippen molar-refractivity contribution in [2.45, 2.75) is 38.5 Å². The molecule has 0 saturated heterocycles. The lowest BCUT2D eigenvalue weighted by molar-refractivity contribution is -0.146. The van der Waals surface area contributed by atoms with Crippen molar-refractivity contribution in [3.63, 3.8) is 0 Å². The van der Waals surface area contributed by atoms with Crippen LogP contribution in [-0.2, 0) is 4.79 Å². The van der Waals surface area contributed by atoms with Gasteiger partial charge >= 0.3 is 5.97 Å². The van der Waals surface area contributed by atoms with E-state index in [1.54, 1.807) is 0 Å². The maximum Gasteiger partial charge on any atom is 0.303 e. The Morgan fingerprint density at radius 2 is 2.15 bits per heavy atom. The van der Waals surface area contributed by atoms with Gasteiger partial charge in [0.1, 0.15) is 0 Å². The van der Waals surface area contributed by atoms with Crippen LogP contribution in [0.4, 0.5) is 8.78 Å². The van der Waals surface area contributed by atoms with Crippen LogP contribution in [0.5, 0.6) is 0 Å². The van der Waals surface area contributed by atoms with Crippen LogP contribution < -0.4 is 0 Å². The van der Waals surface area contributed by atoms with Crippen molar-refractivity contribution in [2.75, 3.05) is 0 Å². The van der Waals surface area contributed by atoms with Gasteiger partial charge in [-0.05, 0) is 25.7 Å². The molecule has 1 aliphatic rings. The zero-order valence-corrected chi connectivity index (χ0v) is 7.59. The Balaban J connectivity index is 2.58. The third kappa shape index (κ3) is 2.64. The summed E-state index contributed by atoms with van der Waals surface area (Å²) in [4.78, 5) is 10.4. The quantitative estimate of drug-likeness (QED) is 0.743. The van der Waals surface area contributed by atoms with E-state index in [0.29, 0.717) is 0 Å². The molecule has 0 radical (unpaired) electrons. The van der Waals surface area contributed by atoms with Crippen LogP contribution in [0.1, 0.15) is 32.6 Å². The Kier molecular flexibility index (Phi) is 2.88. The van der Waals surface area contributed by atoms with Gasteiger partial charge in [0.05, 0.1) is 6.42 Å². The molecule has 1 fully saturated rings. The molecular formula is C9H14F2O2. The molecule has 1 unspecified atom stereocenters. The van der Waals surface area contributed by atoms with Gasteiger partial charge in [-0.25, -0.2) is 8.78 Å². The Bertz CT molecular complexity index is 194. The first-order valence-corrected chi connectivity index (χ1v) is 4.51. The highest BCUT2D eigenvalue weighted by Crippen LogP contribution is 2.42. The maximum atomic E-state index is 13.0. The van der Waals surface area contributed by atoms with Gasteiger partial charge in [0.25, 0.3) is 0 Å². The monoisotopic (exact) mass is 192 g/mol. The molecule has 1 atom stereocenters. The van der Waals surface area contributed by atoms with E-state index in [2.05, 4.69) is 0 Å². The Morgan fingerprint density at radius 3 is 2.38 bits per heavy atom. The summed E-state index contributed by atoms with van der Waals surface area (Å²) in [6, 6.07) is 0. The Hall–Kier alpha value is -0.670. The van der Waals surface area contributed by atoms with Crippen molar-refractivity contribution in [1.29, 1.82) is 0 Å². The molecule has 0 aliphatic heterocycles. The van der Waals surface area contributed by atoms with Crippen molar-refractivity contribution >= 4 is 5.97 Å². The molecule has 0 spiro atoms. The van der Waals surface area contributed by atoms with Crippen molar-refractivity contribution in [3.05, 3.63) is 0 Å². The Morgan fingerprint density at radius 1 is 1.62 bits per heavy atom. The summed E-state index contributed by atoms with van der Waals surface area (Å²) in [5.74, 6) is -5.04. The molecule has 2 nitrogen and oxygen atoms in total. The predicted molar refractivity (Wildman–Crippen MR) is 43.7 cm³/mol. The van der Waals surface area contributed by atoms with Crippen molar-refractivity contribution in [1.82, 2.24) is 0 Å². The smallest absolute Gasteiger partial charge is 0.303 e. The lowest BCUT2D eigenvalue weighted by Crippen LogP contribution is -2.36. The summed E-state index contributed by atoms with van der Waals surface area (Å²) >= 11 is 0. The maximum absolute atomic E-state index is 13.0. The fourth-order valence-corrected chi connectivity index (χ4v) is 1.79. The molecule has 13 heavy (non-hydrogen) atoms. The van der Waals surface area contributed by atoms with E-state index in [1.807, 2.05) is 0 Å². The summed E-state index contributed by atoms with van der Waals surface area (Å²) in [5, 5.41) is 8.48. The number of rotatable bonds is 4. The van der Waals surface area contributed by atoms with Gasteiger partial charge in [-0.2, -0.15) is 0 Å². The lowest BCUT2D eigenvalue weighted by atomic mass is 9.72. The molecule has 1 N–H and O–H groups in total. The molecule has 0 heterocycles. The molecule has 4 heteroatoms. The van der Waals surface area contributed by atoms with Crippen LogP contribution in [0, 0.1) is 11.8 Å². The van der Waals surface area contributed by atoms with E-state index in [0.717, 1.165) is 26.2 Å². The van der Waals surface area contributed by atoms with E-state index >= 15 is 0 Å². The predicted octanol–water partition coefficient (Wildman–Crippen LogP) is 2.53. The molecule has 0 aromatic rings. The largest absolute Gasteiger partial charge is 0.481 e. The second-order valence-corrected chi connectivity index (χ2v) is 3.85. The number of halogens is 2. The first kappa shape index (κ1) is 10.4. The number of aliphatic carboxylic acids is 1. The minimum absolute atomic E-state index is 0.0869. The zero-order valence-electron chi connectivity index (χ0n) is 7.59. The highest BCUT2D eigenvalue weighted by atomic mass is 19.3. The molecule has 1 saturated carbocycles. The minimum Gasteiger partial charge on any atom is -0.481 e. The minimum atomic E-state index is -2.86. The molecule has 0 aromatic heterocycles. The van der Waals surface area contributed by atoms with Gasteiger partial charge in [0.2, 0.25) is 5.92 Å². The zero-order chi connectivity index (χ0) is 10.1. The van der Waals surface area contributed by atoms with Crippen molar-refractivity contribution in [2.24, 2.45) is 11.8 Å². The van der Waals surface area contributed by atoms with Crippen LogP contribution in [0.15, 0.2) is 0 Å². The summed E-state index contributed by atoms with van der Waals surface area (Å²) in [5.41, 5.74) is 0. The molecule has 0 aromatic carbocycles. The third-order valence-electron chi connectivity index (χ3n) is 2.76. The second-order valence-electron chi connectivity index (χ2n) is 3.85. The van der Waals surface area contributed by atoms with Crippen molar-refractivity contribution in [3.8, 4) is 0 Å². The SMILES string of the molecule is CC(F)(F)C(CC(=O)O)C1CCC1. The van der Waals surface area contributed by atoms with Crippen LogP contribution in [0.25, 0.3) is 0 Å². The van der Waals surface area contributed by atoms with E-state index in [4.69, 9.17) is 5.11 Å². The average molecular weight is 192 g/mol. The summed E-state index contributed by atoms with van der Waals surface area (Å²) in [7, 11) is 0. The molecule has 1 rings (SSSR count). The number of hydrogen-bond acceptors (Lipinski definition) is 1. The number of carbonyl (C=O) groups is 1. The summed E-state index contributed by atoms with van der Waals surface area (Å²) < 4.78 is 25.9. The Labute approximate surface area is 75.9 Å². The summed E-state index contributed by atoms with van der Waals surface area (Å²) in [6.45, 7) is 0.818. The molecule has 0 amide bonds. The van der Waals surface area contributed by atoms with E-state index in [9.17, 15) is 13.6 Å². The number of carboxylic acids is 1. The van der Waals surface area contributed by atoms with Gasteiger partial charge in [0, 0.05) is 5.92 Å². The highest BCUT2D eigenvalue weighted by molar-refractivity contribution is 5.67. The van der Waals surface area contributed by atoms with E-state index < -0.39 is 24.2 Å². The fourth-order valence-electron chi connectivity index (χ4n) is 1.79. The second kappa shape index (κ2) is 3.60. The van der Waals surface area contributed by atoms with Crippen LogP contribution in [-0.4, -0.2) is 17.0 Å².